The summed E-state index contributed by atoms with van der Waals surface area (Å²) in [5.74, 6) is 0.785. The second-order valence-electron chi connectivity index (χ2n) is 6.27. The molecule has 0 bridgehead atoms. The molecule has 0 saturated carbocycles. The van der Waals surface area contributed by atoms with Crippen molar-refractivity contribution >= 4 is 17.2 Å². The predicted molar refractivity (Wildman–Crippen MR) is 96.9 cm³/mol. The van der Waals surface area contributed by atoms with Gasteiger partial charge in [-0.25, -0.2) is 0 Å². The molecule has 0 spiro atoms. The van der Waals surface area contributed by atoms with Gasteiger partial charge in [-0.05, 0) is 30.5 Å². The van der Waals surface area contributed by atoms with E-state index >= 15 is 0 Å². The molecule has 1 aliphatic rings. The molecule has 0 N–H and O–H groups in total. The van der Waals surface area contributed by atoms with Gasteiger partial charge in [-0.3, -0.25) is 4.79 Å². The summed E-state index contributed by atoms with van der Waals surface area (Å²) >= 11 is 5.96. The van der Waals surface area contributed by atoms with Gasteiger partial charge < -0.3 is 4.57 Å². The molecule has 0 unspecified atom stereocenters. The average Bonchev–Trinajstić information content (AvgIpc) is 2.85. The van der Waals surface area contributed by atoms with Gasteiger partial charge in [0.2, 0.25) is 0 Å². The van der Waals surface area contributed by atoms with E-state index in [0.717, 1.165) is 31.5 Å². The SMILES string of the molecule is N#Cc1c(-c2ccc(Cl)cc2)c(C#N)c2n3c(nn2c1=O)CCCCC3. The molecule has 3 aromatic rings. The summed E-state index contributed by atoms with van der Waals surface area (Å²) < 4.78 is 3.17. The fraction of sp³-hybridized carbons (Fsp3) is 0.263. The first kappa shape index (κ1) is 16.4. The van der Waals surface area contributed by atoms with Crippen LogP contribution in [0, 0.1) is 22.7 Å². The predicted octanol–water partition coefficient (Wildman–Crippen LogP) is 3.29. The second-order valence-corrected chi connectivity index (χ2v) is 6.71. The topological polar surface area (TPSA) is 86.9 Å². The standard InChI is InChI=1S/C19H14ClN5O/c20-13-7-5-12(6-8-13)17-14(10-21)18-24-9-3-1-2-4-16(24)23-25(18)19(26)15(17)11-22/h5-8H,1-4,9H2. The van der Waals surface area contributed by atoms with Crippen LogP contribution in [0.4, 0.5) is 0 Å². The van der Waals surface area contributed by atoms with E-state index < -0.39 is 5.56 Å². The molecule has 1 aromatic carbocycles. The van der Waals surface area contributed by atoms with Crippen LogP contribution in [-0.4, -0.2) is 14.2 Å². The Morgan fingerprint density at radius 1 is 1.04 bits per heavy atom. The lowest BCUT2D eigenvalue weighted by atomic mass is 9.97. The van der Waals surface area contributed by atoms with Crippen LogP contribution in [0.1, 0.15) is 36.2 Å². The highest BCUT2D eigenvalue weighted by Gasteiger charge is 2.25. The highest BCUT2D eigenvalue weighted by molar-refractivity contribution is 6.30. The minimum atomic E-state index is -0.493. The highest BCUT2D eigenvalue weighted by atomic mass is 35.5. The number of fused-ring (bicyclic) bond motifs is 3. The Balaban J connectivity index is 2.16. The third-order valence-electron chi connectivity index (χ3n) is 4.75. The van der Waals surface area contributed by atoms with Gasteiger partial charge in [-0.15, -0.1) is 5.10 Å². The molecule has 0 fully saturated rings. The Hall–Kier alpha value is -3.09. The number of pyridine rings is 1. The van der Waals surface area contributed by atoms with E-state index in [4.69, 9.17) is 11.6 Å². The van der Waals surface area contributed by atoms with Crippen LogP contribution >= 0.6 is 11.6 Å². The number of nitrogens with zero attached hydrogens (tertiary/aromatic N) is 5. The van der Waals surface area contributed by atoms with Crippen molar-refractivity contribution in [1.29, 1.82) is 10.5 Å². The van der Waals surface area contributed by atoms with Crippen molar-refractivity contribution in [1.82, 2.24) is 14.2 Å². The lowest BCUT2D eigenvalue weighted by molar-refractivity contribution is 0.644. The van der Waals surface area contributed by atoms with E-state index in [1.807, 2.05) is 10.6 Å². The molecule has 3 heterocycles. The summed E-state index contributed by atoms with van der Waals surface area (Å²) in [6.45, 7) is 0.707. The third-order valence-corrected chi connectivity index (χ3v) is 5.00. The third kappa shape index (κ3) is 2.39. The smallest absolute Gasteiger partial charge is 0.291 e. The Morgan fingerprint density at radius 2 is 1.77 bits per heavy atom. The lowest BCUT2D eigenvalue weighted by Gasteiger charge is -2.10. The second kappa shape index (κ2) is 6.33. The van der Waals surface area contributed by atoms with E-state index in [0.29, 0.717) is 33.9 Å². The molecule has 7 heteroatoms. The summed E-state index contributed by atoms with van der Waals surface area (Å²) in [7, 11) is 0. The number of hydrogen-bond donors (Lipinski definition) is 0. The van der Waals surface area contributed by atoms with E-state index in [2.05, 4.69) is 11.2 Å². The van der Waals surface area contributed by atoms with Gasteiger partial charge in [0, 0.05) is 23.6 Å². The van der Waals surface area contributed by atoms with Gasteiger partial charge in [0.15, 0.2) is 5.65 Å². The lowest BCUT2D eigenvalue weighted by Crippen LogP contribution is -2.21. The summed E-state index contributed by atoms with van der Waals surface area (Å²) in [4.78, 5) is 12.9. The van der Waals surface area contributed by atoms with Gasteiger partial charge in [0.25, 0.3) is 5.56 Å². The molecule has 1 aliphatic heterocycles. The zero-order valence-electron chi connectivity index (χ0n) is 13.9. The molecule has 0 saturated heterocycles. The van der Waals surface area contributed by atoms with Crippen LogP contribution in [-0.2, 0) is 13.0 Å². The van der Waals surface area contributed by atoms with Crippen molar-refractivity contribution in [3.8, 4) is 23.3 Å². The maximum atomic E-state index is 12.9. The van der Waals surface area contributed by atoms with Gasteiger partial charge in [-0.2, -0.15) is 15.0 Å². The van der Waals surface area contributed by atoms with Crippen LogP contribution in [0.3, 0.4) is 0 Å². The van der Waals surface area contributed by atoms with Gasteiger partial charge in [0.1, 0.15) is 29.1 Å². The van der Waals surface area contributed by atoms with Gasteiger partial charge >= 0.3 is 0 Å². The first-order valence-corrected chi connectivity index (χ1v) is 8.78. The quantitative estimate of drug-likeness (QED) is 0.663. The van der Waals surface area contributed by atoms with Crippen molar-refractivity contribution in [3.05, 3.63) is 56.6 Å². The highest BCUT2D eigenvalue weighted by Crippen LogP contribution is 2.30. The molecule has 2 aromatic heterocycles. The molecule has 0 radical (unpaired) electrons. The number of hydrogen-bond acceptors (Lipinski definition) is 4. The summed E-state index contributed by atoms with van der Waals surface area (Å²) in [5.41, 5.74) is 1.17. The first-order valence-electron chi connectivity index (χ1n) is 8.40. The normalized spacial score (nSPS) is 13.7. The Kier molecular flexibility index (Phi) is 3.99. The van der Waals surface area contributed by atoms with Crippen molar-refractivity contribution < 1.29 is 0 Å². The zero-order valence-corrected chi connectivity index (χ0v) is 14.6. The van der Waals surface area contributed by atoms with Crippen molar-refractivity contribution in [2.24, 2.45) is 0 Å². The van der Waals surface area contributed by atoms with Crippen LogP contribution < -0.4 is 5.56 Å². The Morgan fingerprint density at radius 3 is 2.46 bits per heavy atom. The number of halogens is 1. The summed E-state index contributed by atoms with van der Waals surface area (Å²) in [6, 6.07) is 11.0. The number of aryl methyl sites for hydroxylation is 2. The fourth-order valence-corrected chi connectivity index (χ4v) is 3.68. The molecular weight excluding hydrogens is 350 g/mol. The average molecular weight is 364 g/mol. The number of nitriles is 2. The largest absolute Gasteiger partial charge is 0.312 e. The minimum Gasteiger partial charge on any atom is -0.312 e. The van der Waals surface area contributed by atoms with Crippen LogP contribution in [0.15, 0.2) is 29.1 Å². The van der Waals surface area contributed by atoms with Crippen molar-refractivity contribution in [2.45, 2.75) is 32.2 Å². The number of rotatable bonds is 1. The molecule has 6 nitrogen and oxygen atoms in total. The first-order chi connectivity index (χ1) is 12.7. The molecule has 4 rings (SSSR count). The van der Waals surface area contributed by atoms with Crippen molar-refractivity contribution in [3.63, 3.8) is 0 Å². The maximum Gasteiger partial charge on any atom is 0.291 e. The Labute approximate surface area is 154 Å². The number of aromatic nitrogens is 3. The molecule has 0 aliphatic carbocycles. The fourth-order valence-electron chi connectivity index (χ4n) is 3.55. The molecule has 0 amide bonds. The van der Waals surface area contributed by atoms with E-state index in [1.54, 1.807) is 24.3 Å². The maximum absolute atomic E-state index is 12.9. The summed E-state index contributed by atoms with van der Waals surface area (Å²) in [5, 5.41) is 24.5. The van der Waals surface area contributed by atoms with Crippen LogP contribution in [0.25, 0.3) is 16.8 Å². The zero-order chi connectivity index (χ0) is 18.3. The monoisotopic (exact) mass is 363 g/mol. The number of benzene rings is 1. The van der Waals surface area contributed by atoms with Crippen molar-refractivity contribution in [2.75, 3.05) is 0 Å². The molecule has 0 atom stereocenters. The van der Waals surface area contributed by atoms with Crippen LogP contribution in [0.5, 0.6) is 0 Å². The van der Waals surface area contributed by atoms with Gasteiger partial charge in [0.05, 0.1) is 0 Å². The molecular formula is C19H14ClN5O. The van der Waals surface area contributed by atoms with E-state index in [-0.39, 0.29) is 5.56 Å². The summed E-state index contributed by atoms with van der Waals surface area (Å²) in [6.07, 6.45) is 3.80. The molecule has 128 valence electrons. The Bertz CT molecular complexity index is 1160. The van der Waals surface area contributed by atoms with Gasteiger partial charge in [-0.1, -0.05) is 30.2 Å². The van der Waals surface area contributed by atoms with E-state index in [1.165, 1.54) is 4.52 Å². The van der Waals surface area contributed by atoms with E-state index in [9.17, 15) is 15.3 Å². The van der Waals surface area contributed by atoms with Crippen LogP contribution in [0.2, 0.25) is 5.02 Å². The minimum absolute atomic E-state index is 0.0744. The molecule has 26 heavy (non-hydrogen) atoms.